The Balaban J connectivity index is 1.58. The van der Waals surface area contributed by atoms with Crippen molar-refractivity contribution in [3.05, 3.63) is 23.8 Å². The molecule has 5 nitrogen and oxygen atoms in total. The van der Waals surface area contributed by atoms with Gasteiger partial charge >= 0.3 is 0 Å². The monoisotopic (exact) mass is 401 g/mol. The van der Waals surface area contributed by atoms with Crippen molar-refractivity contribution in [1.82, 2.24) is 9.88 Å². The first kappa shape index (κ1) is 19.8. The molecule has 0 spiro atoms. The van der Waals surface area contributed by atoms with Gasteiger partial charge in [-0.1, -0.05) is 49.7 Å². The maximum Gasteiger partial charge on any atom is 0.231 e. The Labute approximate surface area is 171 Å². The molecule has 0 bridgehead atoms. The normalized spacial score (nSPS) is 19.2. The van der Waals surface area contributed by atoms with Gasteiger partial charge in [-0.05, 0) is 30.9 Å². The molecular weight excluding hydrogens is 370 g/mol. The van der Waals surface area contributed by atoms with Crippen LogP contribution >= 0.6 is 11.3 Å². The summed E-state index contributed by atoms with van der Waals surface area (Å²) in [5, 5.41) is 0.875. The summed E-state index contributed by atoms with van der Waals surface area (Å²) >= 11 is 1.66. The SMILES string of the molecule is CCc1cccc2sc(N(CCN3CCOCC3)C(=O)C3CCCCC3)nc12. The number of thiazole rings is 1. The van der Waals surface area contributed by atoms with Crippen LogP contribution in [-0.2, 0) is 16.0 Å². The molecule has 2 heterocycles. The van der Waals surface area contributed by atoms with E-state index >= 15 is 0 Å². The quantitative estimate of drug-likeness (QED) is 0.731. The molecule has 1 aromatic heterocycles. The summed E-state index contributed by atoms with van der Waals surface area (Å²) in [4.78, 5) is 22.8. The van der Waals surface area contributed by atoms with E-state index in [9.17, 15) is 4.79 Å². The Hall–Kier alpha value is -1.50. The van der Waals surface area contributed by atoms with Gasteiger partial charge in [0.05, 0.1) is 23.4 Å². The Bertz CT molecular complexity index is 794. The van der Waals surface area contributed by atoms with Crippen LogP contribution in [-0.4, -0.2) is 55.2 Å². The maximum absolute atomic E-state index is 13.5. The summed E-state index contributed by atoms with van der Waals surface area (Å²) in [6.07, 6.45) is 6.63. The van der Waals surface area contributed by atoms with Crippen LogP contribution in [0.5, 0.6) is 0 Å². The lowest BCUT2D eigenvalue weighted by atomic mass is 9.88. The van der Waals surface area contributed by atoms with Crippen LogP contribution in [0.2, 0.25) is 0 Å². The number of carbonyl (C=O) groups excluding carboxylic acids is 1. The standard InChI is InChI=1S/C22H31N3O2S/c1-2-17-9-6-10-19-20(17)23-22(28-19)25(12-11-24-13-15-27-16-14-24)21(26)18-7-4-3-5-8-18/h6,9-10,18H,2-5,7-8,11-16H2,1H3. The van der Waals surface area contributed by atoms with E-state index in [1.54, 1.807) is 11.3 Å². The first-order chi connectivity index (χ1) is 13.8. The molecule has 0 radical (unpaired) electrons. The van der Waals surface area contributed by atoms with E-state index in [2.05, 4.69) is 30.0 Å². The molecule has 1 saturated carbocycles. The predicted octanol–water partition coefficient (Wildman–Crippen LogP) is 4.10. The highest BCUT2D eigenvalue weighted by atomic mass is 32.1. The van der Waals surface area contributed by atoms with Gasteiger partial charge in [-0.3, -0.25) is 14.6 Å². The summed E-state index contributed by atoms with van der Waals surface area (Å²) < 4.78 is 6.65. The number of ether oxygens (including phenoxy) is 1. The van der Waals surface area contributed by atoms with Gasteiger partial charge in [0.15, 0.2) is 5.13 Å². The molecule has 4 rings (SSSR count). The summed E-state index contributed by atoms with van der Waals surface area (Å²) in [6.45, 7) is 7.25. The summed E-state index contributed by atoms with van der Waals surface area (Å²) in [5.41, 5.74) is 2.33. The number of aromatic nitrogens is 1. The van der Waals surface area contributed by atoms with Gasteiger partial charge in [-0.15, -0.1) is 0 Å². The van der Waals surface area contributed by atoms with Gasteiger partial charge in [0.1, 0.15) is 0 Å². The van der Waals surface area contributed by atoms with Gasteiger partial charge in [0.25, 0.3) is 0 Å². The minimum Gasteiger partial charge on any atom is -0.379 e. The third kappa shape index (κ3) is 4.39. The minimum atomic E-state index is 0.163. The molecule has 28 heavy (non-hydrogen) atoms. The zero-order chi connectivity index (χ0) is 19.3. The largest absolute Gasteiger partial charge is 0.379 e. The topological polar surface area (TPSA) is 45.7 Å². The Morgan fingerprint density at radius 1 is 1.25 bits per heavy atom. The third-order valence-corrected chi connectivity index (χ3v) is 7.11. The highest BCUT2D eigenvalue weighted by Crippen LogP contribution is 2.33. The third-order valence-electron chi connectivity index (χ3n) is 6.07. The second kappa shape index (κ2) is 9.33. The number of morpholine rings is 1. The molecular formula is C22H31N3O2S. The first-order valence-corrected chi connectivity index (χ1v) is 11.6. The van der Waals surface area contributed by atoms with E-state index < -0.39 is 0 Å². The smallest absolute Gasteiger partial charge is 0.231 e. The fourth-order valence-electron chi connectivity index (χ4n) is 4.33. The molecule has 1 aromatic carbocycles. The molecule has 1 saturated heterocycles. The lowest BCUT2D eigenvalue weighted by molar-refractivity contribution is -0.123. The van der Waals surface area contributed by atoms with Crippen LogP contribution in [0.4, 0.5) is 5.13 Å². The number of carbonyl (C=O) groups is 1. The molecule has 2 fully saturated rings. The fraction of sp³-hybridized carbons (Fsp3) is 0.636. The lowest BCUT2D eigenvalue weighted by Gasteiger charge is -2.31. The highest BCUT2D eigenvalue weighted by molar-refractivity contribution is 7.22. The van der Waals surface area contributed by atoms with Crippen molar-refractivity contribution in [3.63, 3.8) is 0 Å². The van der Waals surface area contributed by atoms with Crippen LogP contribution < -0.4 is 4.90 Å². The van der Waals surface area contributed by atoms with Gasteiger partial charge < -0.3 is 4.74 Å². The molecule has 1 aliphatic heterocycles. The van der Waals surface area contributed by atoms with Crippen LogP contribution in [0.25, 0.3) is 10.2 Å². The average Bonchev–Trinajstić information content (AvgIpc) is 3.19. The molecule has 0 N–H and O–H groups in total. The Morgan fingerprint density at radius 3 is 2.79 bits per heavy atom. The molecule has 6 heteroatoms. The molecule has 1 aliphatic carbocycles. The van der Waals surface area contributed by atoms with E-state index in [-0.39, 0.29) is 11.8 Å². The van der Waals surface area contributed by atoms with E-state index in [1.807, 2.05) is 4.90 Å². The first-order valence-electron chi connectivity index (χ1n) is 10.8. The van der Waals surface area contributed by atoms with Gasteiger partial charge in [0.2, 0.25) is 5.91 Å². The second-order valence-corrected chi connectivity index (χ2v) is 8.90. The van der Waals surface area contributed by atoms with Crippen LogP contribution in [0.1, 0.15) is 44.6 Å². The number of anilines is 1. The zero-order valence-corrected chi connectivity index (χ0v) is 17.7. The number of aryl methyl sites for hydroxylation is 1. The maximum atomic E-state index is 13.5. The van der Waals surface area contributed by atoms with Crippen LogP contribution in [0.15, 0.2) is 18.2 Å². The summed E-state index contributed by atoms with van der Waals surface area (Å²) in [5.74, 6) is 0.446. The predicted molar refractivity (Wildman–Crippen MR) is 115 cm³/mol. The van der Waals surface area contributed by atoms with Gasteiger partial charge in [-0.2, -0.15) is 0 Å². The minimum absolute atomic E-state index is 0.163. The number of hydrogen-bond donors (Lipinski definition) is 0. The summed E-state index contributed by atoms with van der Waals surface area (Å²) in [7, 11) is 0. The Kier molecular flexibility index (Phi) is 6.60. The molecule has 2 aromatic rings. The number of benzene rings is 1. The summed E-state index contributed by atoms with van der Waals surface area (Å²) in [6, 6.07) is 6.37. The fourth-order valence-corrected chi connectivity index (χ4v) is 5.38. The highest BCUT2D eigenvalue weighted by Gasteiger charge is 2.29. The number of para-hydroxylation sites is 1. The number of fused-ring (bicyclic) bond motifs is 1. The number of amides is 1. The van der Waals surface area contributed by atoms with Crippen molar-refractivity contribution in [1.29, 1.82) is 0 Å². The number of hydrogen-bond acceptors (Lipinski definition) is 5. The van der Waals surface area contributed by atoms with Crippen molar-refractivity contribution >= 4 is 32.6 Å². The lowest BCUT2D eigenvalue weighted by Crippen LogP contribution is -2.45. The molecule has 2 aliphatic rings. The van der Waals surface area contributed by atoms with Crippen LogP contribution in [0.3, 0.4) is 0 Å². The zero-order valence-electron chi connectivity index (χ0n) is 16.9. The van der Waals surface area contributed by atoms with E-state index in [1.165, 1.54) is 29.5 Å². The van der Waals surface area contributed by atoms with Gasteiger partial charge in [0, 0.05) is 32.1 Å². The van der Waals surface area contributed by atoms with Crippen molar-refractivity contribution in [2.24, 2.45) is 5.92 Å². The van der Waals surface area contributed by atoms with Crippen molar-refractivity contribution in [2.75, 3.05) is 44.3 Å². The molecule has 0 atom stereocenters. The van der Waals surface area contributed by atoms with Crippen molar-refractivity contribution in [3.8, 4) is 0 Å². The van der Waals surface area contributed by atoms with Gasteiger partial charge in [-0.25, -0.2) is 4.98 Å². The average molecular weight is 402 g/mol. The van der Waals surface area contributed by atoms with Crippen molar-refractivity contribution < 1.29 is 9.53 Å². The van der Waals surface area contributed by atoms with E-state index in [4.69, 9.17) is 9.72 Å². The van der Waals surface area contributed by atoms with E-state index in [0.717, 1.165) is 69.3 Å². The van der Waals surface area contributed by atoms with E-state index in [0.29, 0.717) is 0 Å². The second-order valence-electron chi connectivity index (χ2n) is 7.89. The Morgan fingerprint density at radius 2 is 2.04 bits per heavy atom. The van der Waals surface area contributed by atoms with Crippen LogP contribution in [0, 0.1) is 5.92 Å². The molecule has 0 unspecified atom stereocenters. The molecule has 1 amide bonds. The number of nitrogens with zero attached hydrogens (tertiary/aromatic N) is 3. The van der Waals surface area contributed by atoms with Crippen molar-refractivity contribution in [2.45, 2.75) is 45.4 Å². The number of rotatable bonds is 6. The molecule has 152 valence electrons.